The number of rotatable bonds is 1. The molecule has 65 valence electrons. The number of nitrogens with zero attached hydrogens (tertiary/aromatic N) is 1. The Hall–Kier alpha value is -1.77. The Balaban J connectivity index is 0.000000671. The van der Waals surface area contributed by atoms with Gasteiger partial charge in [-0.25, -0.2) is 0 Å². The molecule has 1 radical (unpaired) electrons. The van der Waals surface area contributed by atoms with Gasteiger partial charge in [-0.3, -0.25) is 0 Å². The molecule has 1 nitrogen and oxygen atoms in total. The normalized spacial score (nSPS) is 7.15. The summed E-state index contributed by atoms with van der Waals surface area (Å²) in [7, 11) is 0. The summed E-state index contributed by atoms with van der Waals surface area (Å²) < 4.78 is 0. The number of hydrogen-bond acceptors (Lipinski definition) is 1. The molecule has 1 heteroatoms. The summed E-state index contributed by atoms with van der Waals surface area (Å²) in [5, 5.41) is 8.51. The fourth-order valence-electron chi connectivity index (χ4n) is 0.794. The summed E-state index contributed by atoms with van der Waals surface area (Å²) >= 11 is 0. The first-order valence-corrected chi connectivity index (χ1v) is 4.16. The molecule has 0 saturated heterocycles. The van der Waals surface area contributed by atoms with E-state index in [0.29, 0.717) is 5.56 Å². The molecule has 0 amide bonds. The predicted octanol–water partition coefficient (Wildman–Crippen LogP) is 3.19. The van der Waals surface area contributed by atoms with Gasteiger partial charge in [0.1, 0.15) is 0 Å². The maximum Gasteiger partial charge on any atom is 0.0991 e. The van der Waals surface area contributed by atoms with Gasteiger partial charge in [-0.1, -0.05) is 26.0 Å². The van der Waals surface area contributed by atoms with E-state index in [4.69, 9.17) is 11.8 Å². The van der Waals surface area contributed by atoms with Crippen LogP contribution in [-0.4, -0.2) is 0 Å². The van der Waals surface area contributed by atoms with Crippen LogP contribution in [0, 0.1) is 17.9 Å². The van der Waals surface area contributed by atoms with Gasteiger partial charge in [0.25, 0.3) is 0 Å². The second-order valence-corrected chi connectivity index (χ2v) is 2.05. The second-order valence-electron chi connectivity index (χ2n) is 2.05. The Morgan fingerprint density at radius 1 is 1.38 bits per heavy atom. The summed E-state index contributed by atoms with van der Waals surface area (Å²) in [6.45, 7) is 9.06. The quantitative estimate of drug-likeness (QED) is 0.594. The second kappa shape index (κ2) is 6.91. The molecule has 0 aliphatic heterocycles. The van der Waals surface area contributed by atoms with Crippen molar-refractivity contribution in [2.45, 2.75) is 13.8 Å². The third-order valence-electron chi connectivity index (χ3n) is 1.27. The highest BCUT2D eigenvalue weighted by molar-refractivity contribution is 5.51. The Morgan fingerprint density at radius 3 is 2.62 bits per heavy atom. The van der Waals surface area contributed by atoms with Crippen LogP contribution in [-0.2, 0) is 0 Å². The lowest BCUT2D eigenvalue weighted by atomic mass is 10.1. The molecule has 0 saturated carbocycles. The van der Waals surface area contributed by atoms with Crippen LogP contribution in [0.2, 0.25) is 0 Å². The van der Waals surface area contributed by atoms with E-state index in [0.717, 1.165) is 5.56 Å². The van der Waals surface area contributed by atoms with E-state index < -0.39 is 0 Å². The first kappa shape index (κ1) is 11.2. The van der Waals surface area contributed by atoms with E-state index >= 15 is 0 Å². The predicted molar refractivity (Wildman–Crippen MR) is 54.8 cm³/mol. The molecule has 0 heterocycles. The Kier molecular flexibility index (Phi) is 5.97. The van der Waals surface area contributed by atoms with Gasteiger partial charge < -0.3 is 0 Å². The third kappa shape index (κ3) is 3.96. The van der Waals surface area contributed by atoms with Crippen LogP contribution in [0.4, 0.5) is 0 Å². The lowest BCUT2D eigenvalue weighted by Gasteiger charge is -1.90. The molecule has 0 aromatic heterocycles. The number of nitriles is 1. The Bertz CT molecular complexity index is 338. The molecular formula is C12H12N. The maximum atomic E-state index is 8.51. The average molecular weight is 170 g/mol. The summed E-state index contributed by atoms with van der Waals surface area (Å²) in [6, 6.07) is 9.20. The monoisotopic (exact) mass is 170 g/mol. The van der Waals surface area contributed by atoms with Crippen molar-refractivity contribution in [2.24, 2.45) is 0 Å². The summed E-state index contributed by atoms with van der Waals surface area (Å²) in [5.74, 6) is 0. The molecule has 1 rings (SSSR count). The van der Waals surface area contributed by atoms with Crippen molar-refractivity contribution in [3.63, 3.8) is 0 Å². The maximum absolute atomic E-state index is 8.51. The van der Waals surface area contributed by atoms with Crippen LogP contribution < -0.4 is 0 Å². The highest BCUT2D eigenvalue weighted by Crippen LogP contribution is 2.04. The van der Waals surface area contributed by atoms with Crippen LogP contribution in [0.3, 0.4) is 0 Å². The van der Waals surface area contributed by atoms with Crippen molar-refractivity contribution in [2.75, 3.05) is 0 Å². The average Bonchev–Trinajstić information content (AvgIpc) is 2.22. The van der Waals surface area contributed by atoms with Gasteiger partial charge in [-0.2, -0.15) is 5.26 Å². The minimum Gasteiger partial charge on any atom is -0.192 e. The van der Waals surface area contributed by atoms with E-state index in [2.05, 4.69) is 5.73 Å². The number of benzene rings is 1. The van der Waals surface area contributed by atoms with Gasteiger partial charge in [0.2, 0.25) is 0 Å². The molecule has 0 aliphatic carbocycles. The molecule has 0 fully saturated rings. The van der Waals surface area contributed by atoms with Crippen LogP contribution in [0.25, 0.3) is 6.08 Å². The van der Waals surface area contributed by atoms with Gasteiger partial charge in [-0.15, -0.1) is 5.73 Å². The molecule has 0 bridgehead atoms. The molecule has 13 heavy (non-hydrogen) atoms. The molecule has 1 aromatic carbocycles. The smallest absolute Gasteiger partial charge is 0.0991 e. The summed E-state index contributed by atoms with van der Waals surface area (Å²) in [5.41, 5.74) is 3.93. The van der Waals surface area contributed by atoms with Gasteiger partial charge >= 0.3 is 0 Å². The largest absolute Gasteiger partial charge is 0.192 e. The highest BCUT2D eigenvalue weighted by Gasteiger charge is 1.88. The zero-order valence-electron chi connectivity index (χ0n) is 7.91. The molecule has 0 atom stereocenters. The molecule has 0 aliphatic rings. The first-order valence-electron chi connectivity index (χ1n) is 4.16. The summed E-state index contributed by atoms with van der Waals surface area (Å²) in [6.07, 6.45) is 1.63. The zero-order chi connectivity index (χ0) is 10.1. The Morgan fingerprint density at radius 2 is 2.08 bits per heavy atom. The van der Waals surface area contributed by atoms with Crippen LogP contribution in [0.5, 0.6) is 0 Å². The lowest BCUT2D eigenvalue weighted by molar-refractivity contribution is 1.48. The van der Waals surface area contributed by atoms with E-state index in [1.165, 1.54) is 0 Å². The molecule has 1 aromatic rings. The van der Waals surface area contributed by atoms with Crippen molar-refractivity contribution < 1.29 is 0 Å². The van der Waals surface area contributed by atoms with Crippen LogP contribution in [0.15, 0.2) is 30.0 Å². The van der Waals surface area contributed by atoms with Gasteiger partial charge in [0, 0.05) is 0 Å². The van der Waals surface area contributed by atoms with E-state index in [9.17, 15) is 0 Å². The topological polar surface area (TPSA) is 23.8 Å². The summed E-state index contributed by atoms with van der Waals surface area (Å²) in [4.78, 5) is 0. The van der Waals surface area contributed by atoms with Crippen molar-refractivity contribution in [1.29, 1.82) is 5.26 Å². The van der Waals surface area contributed by atoms with Crippen molar-refractivity contribution in [3.8, 4) is 6.07 Å². The highest BCUT2D eigenvalue weighted by atomic mass is 14.2. The molecule has 0 spiro atoms. The van der Waals surface area contributed by atoms with Gasteiger partial charge in [-0.05, 0) is 30.4 Å². The van der Waals surface area contributed by atoms with Gasteiger partial charge in [0.05, 0.1) is 11.6 Å². The SMILES string of the molecule is CC.[CH]=C=Cc1cccc(C#N)c1. The molecule has 0 unspecified atom stereocenters. The fourth-order valence-corrected chi connectivity index (χ4v) is 0.794. The van der Waals surface area contributed by atoms with Crippen molar-refractivity contribution in [3.05, 3.63) is 47.7 Å². The molecule has 0 N–H and O–H groups in total. The minimum absolute atomic E-state index is 0.633. The lowest BCUT2D eigenvalue weighted by Crippen LogP contribution is -1.74. The third-order valence-corrected chi connectivity index (χ3v) is 1.27. The van der Waals surface area contributed by atoms with Crippen molar-refractivity contribution in [1.82, 2.24) is 0 Å². The molecular weight excluding hydrogens is 158 g/mol. The first-order chi connectivity index (χ1) is 6.36. The van der Waals surface area contributed by atoms with Gasteiger partial charge in [0.15, 0.2) is 0 Å². The van der Waals surface area contributed by atoms with Crippen molar-refractivity contribution >= 4 is 6.08 Å². The van der Waals surface area contributed by atoms with Crippen LogP contribution >= 0.6 is 0 Å². The van der Waals surface area contributed by atoms with E-state index in [1.54, 1.807) is 18.2 Å². The van der Waals surface area contributed by atoms with E-state index in [-0.39, 0.29) is 0 Å². The standard InChI is InChI=1S/C10H6N.C2H6/c1-2-4-9-5-3-6-10(7-9)8-11;1-2/h1,3-7H;1-2H3. The minimum atomic E-state index is 0.633. The zero-order valence-corrected chi connectivity index (χ0v) is 7.91. The number of hydrogen-bond donors (Lipinski definition) is 0. The van der Waals surface area contributed by atoms with E-state index in [1.807, 2.05) is 32.0 Å². The van der Waals surface area contributed by atoms with Crippen LogP contribution in [0.1, 0.15) is 25.0 Å². The Labute approximate surface area is 79.6 Å². The fraction of sp³-hybridized carbons (Fsp3) is 0.167.